The second kappa shape index (κ2) is 5.02. The van der Waals surface area contributed by atoms with Crippen LogP contribution < -0.4 is 5.32 Å². The Bertz CT molecular complexity index is 781. The van der Waals surface area contributed by atoms with Crippen LogP contribution in [-0.2, 0) is 0 Å². The zero-order valence-corrected chi connectivity index (χ0v) is 12.0. The third kappa shape index (κ3) is 2.16. The van der Waals surface area contributed by atoms with E-state index in [9.17, 15) is 4.79 Å². The van der Waals surface area contributed by atoms with Crippen LogP contribution in [0.4, 0.5) is 5.13 Å². The number of hydrogen-bond donors (Lipinski definition) is 1. The summed E-state index contributed by atoms with van der Waals surface area (Å²) in [5, 5.41) is 6.24. The van der Waals surface area contributed by atoms with Gasteiger partial charge in [-0.05, 0) is 25.5 Å². The molecule has 5 heteroatoms. The van der Waals surface area contributed by atoms with Gasteiger partial charge in [0.05, 0.1) is 16.8 Å². The molecule has 1 N–H and O–H groups in total. The first-order valence-corrected chi connectivity index (χ1v) is 7.11. The number of nitrogens with one attached hydrogen (secondary N) is 1. The molecule has 0 atom stereocenters. The Morgan fingerprint density at radius 2 is 2.05 bits per heavy atom. The Kier molecular flexibility index (Phi) is 3.20. The lowest BCUT2D eigenvalue weighted by molar-refractivity contribution is 0.102. The summed E-state index contributed by atoms with van der Waals surface area (Å²) < 4.78 is 0. The predicted molar refractivity (Wildman–Crippen MR) is 81.3 cm³/mol. The maximum absolute atomic E-state index is 12.4. The Morgan fingerprint density at radius 3 is 2.80 bits per heavy atom. The molecule has 0 radical (unpaired) electrons. The number of benzene rings is 1. The molecule has 1 aromatic carbocycles. The van der Waals surface area contributed by atoms with Crippen molar-refractivity contribution >= 4 is 33.3 Å². The van der Waals surface area contributed by atoms with Crippen LogP contribution in [0.5, 0.6) is 0 Å². The maximum atomic E-state index is 12.4. The van der Waals surface area contributed by atoms with E-state index >= 15 is 0 Å². The molecule has 0 fully saturated rings. The van der Waals surface area contributed by atoms with E-state index in [0.29, 0.717) is 10.7 Å². The number of carbonyl (C=O) groups is 1. The Balaban J connectivity index is 2.09. The maximum Gasteiger partial charge on any atom is 0.259 e. The molecule has 3 rings (SSSR count). The Labute approximate surface area is 120 Å². The van der Waals surface area contributed by atoms with Crippen LogP contribution in [0, 0.1) is 13.8 Å². The fourth-order valence-electron chi connectivity index (χ4n) is 2.31. The highest BCUT2D eigenvalue weighted by molar-refractivity contribution is 7.13. The first-order chi connectivity index (χ1) is 9.66. The van der Waals surface area contributed by atoms with Crippen LogP contribution in [0.15, 0.2) is 35.8 Å². The summed E-state index contributed by atoms with van der Waals surface area (Å²) >= 11 is 1.40. The molecule has 20 heavy (non-hydrogen) atoms. The molecule has 3 aromatic rings. The number of pyridine rings is 1. The van der Waals surface area contributed by atoms with Crippen LogP contribution >= 0.6 is 11.3 Å². The van der Waals surface area contributed by atoms with Crippen molar-refractivity contribution in [2.45, 2.75) is 13.8 Å². The van der Waals surface area contributed by atoms with Gasteiger partial charge in [0.25, 0.3) is 5.91 Å². The molecule has 100 valence electrons. The number of aryl methyl sites for hydroxylation is 2. The molecule has 0 aliphatic heterocycles. The zero-order valence-electron chi connectivity index (χ0n) is 11.2. The first kappa shape index (κ1) is 12.7. The number of fused-ring (bicyclic) bond motifs is 1. The van der Waals surface area contributed by atoms with Crippen molar-refractivity contribution in [2.24, 2.45) is 0 Å². The molecule has 0 bridgehead atoms. The van der Waals surface area contributed by atoms with Crippen molar-refractivity contribution in [3.63, 3.8) is 0 Å². The summed E-state index contributed by atoms with van der Waals surface area (Å²) in [6, 6.07) is 7.84. The number of amides is 1. The number of rotatable bonds is 2. The van der Waals surface area contributed by atoms with Gasteiger partial charge in [-0.25, -0.2) is 4.98 Å². The molecular formula is C15H13N3OS. The largest absolute Gasteiger partial charge is 0.298 e. The summed E-state index contributed by atoms with van der Waals surface area (Å²) in [5.74, 6) is -0.159. The summed E-state index contributed by atoms with van der Waals surface area (Å²) in [5.41, 5.74) is 3.21. The lowest BCUT2D eigenvalue weighted by atomic mass is 10.0. The lowest BCUT2D eigenvalue weighted by Gasteiger charge is -2.11. The fourth-order valence-corrected chi connectivity index (χ4v) is 2.83. The topological polar surface area (TPSA) is 54.9 Å². The van der Waals surface area contributed by atoms with Gasteiger partial charge in [0.2, 0.25) is 0 Å². The molecule has 2 heterocycles. The average Bonchev–Trinajstić information content (AvgIpc) is 2.91. The highest BCUT2D eigenvalue weighted by Gasteiger charge is 2.16. The molecule has 4 nitrogen and oxygen atoms in total. The third-order valence-electron chi connectivity index (χ3n) is 3.21. The van der Waals surface area contributed by atoms with E-state index in [-0.39, 0.29) is 5.91 Å². The van der Waals surface area contributed by atoms with E-state index < -0.39 is 0 Å². The molecule has 0 aliphatic carbocycles. The van der Waals surface area contributed by atoms with E-state index in [1.165, 1.54) is 11.3 Å². The summed E-state index contributed by atoms with van der Waals surface area (Å²) in [7, 11) is 0. The molecular weight excluding hydrogens is 270 g/mol. The summed E-state index contributed by atoms with van der Waals surface area (Å²) in [4.78, 5) is 21.0. The first-order valence-electron chi connectivity index (χ1n) is 6.23. The van der Waals surface area contributed by atoms with Crippen molar-refractivity contribution in [2.75, 3.05) is 5.32 Å². The smallest absolute Gasteiger partial charge is 0.259 e. The Morgan fingerprint density at radius 1 is 1.25 bits per heavy atom. The van der Waals surface area contributed by atoms with Crippen LogP contribution in [-0.4, -0.2) is 15.9 Å². The van der Waals surface area contributed by atoms with Crippen molar-refractivity contribution in [3.8, 4) is 0 Å². The molecule has 1 amide bonds. The number of hydrogen-bond acceptors (Lipinski definition) is 4. The summed E-state index contributed by atoms with van der Waals surface area (Å²) in [6.07, 6.45) is 1.67. The molecule has 0 spiro atoms. The van der Waals surface area contributed by atoms with Gasteiger partial charge in [-0.1, -0.05) is 18.2 Å². The van der Waals surface area contributed by atoms with Crippen molar-refractivity contribution in [3.05, 3.63) is 52.7 Å². The van der Waals surface area contributed by atoms with E-state index in [1.807, 2.05) is 43.5 Å². The highest BCUT2D eigenvalue weighted by Crippen LogP contribution is 2.23. The Hall–Kier alpha value is -2.27. The lowest BCUT2D eigenvalue weighted by Crippen LogP contribution is -2.16. The number of thiazole rings is 1. The van der Waals surface area contributed by atoms with Gasteiger partial charge >= 0.3 is 0 Å². The van der Waals surface area contributed by atoms with E-state index in [4.69, 9.17) is 0 Å². The fraction of sp³-hybridized carbons (Fsp3) is 0.133. The average molecular weight is 283 g/mol. The van der Waals surface area contributed by atoms with Crippen LogP contribution in [0.3, 0.4) is 0 Å². The van der Waals surface area contributed by atoms with Gasteiger partial charge in [0, 0.05) is 17.0 Å². The van der Waals surface area contributed by atoms with Crippen molar-refractivity contribution < 1.29 is 4.79 Å². The van der Waals surface area contributed by atoms with Gasteiger partial charge in [0.1, 0.15) is 0 Å². The number of carbonyl (C=O) groups excluding carboxylic acids is 1. The quantitative estimate of drug-likeness (QED) is 0.782. The minimum absolute atomic E-state index is 0.159. The van der Waals surface area contributed by atoms with Gasteiger partial charge < -0.3 is 0 Å². The third-order valence-corrected chi connectivity index (χ3v) is 3.90. The second-order valence-corrected chi connectivity index (χ2v) is 5.40. The molecule has 2 aromatic heterocycles. The molecule has 0 saturated carbocycles. The zero-order chi connectivity index (χ0) is 14.1. The number of aromatic nitrogens is 2. The monoisotopic (exact) mass is 283 g/mol. The predicted octanol–water partition coefficient (Wildman–Crippen LogP) is 3.56. The van der Waals surface area contributed by atoms with Crippen LogP contribution in [0.2, 0.25) is 0 Å². The molecule has 0 aliphatic rings. The van der Waals surface area contributed by atoms with Gasteiger partial charge in [-0.3, -0.25) is 15.1 Å². The minimum atomic E-state index is -0.159. The number of nitrogens with zero attached hydrogens (tertiary/aromatic N) is 2. The highest BCUT2D eigenvalue weighted by atomic mass is 32.1. The van der Waals surface area contributed by atoms with Crippen LogP contribution in [0.1, 0.15) is 21.6 Å². The SMILES string of the molecule is Cc1nc2ccccc2c(C)c1C(=O)Nc1nccs1. The van der Waals surface area contributed by atoms with E-state index in [2.05, 4.69) is 15.3 Å². The van der Waals surface area contributed by atoms with Gasteiger partial charge in [0.15, 0.2) is 5.13 Å². The molecule has 0 unspecified atom stereocenters. The van der Waals surface area contributed by atoms with E-state index in [0.717, 1.165) is 22.2 Å². The van der Waals surface area contributed by atoms with Gasteiger partial charge in [-0.2, -0.15) is 0 Å². The molecule has 0 saturated heterocycles. The minimum Gasteiger partial charge on any atom is -0.298 e. The standard InChI is InChI=1S/C15H13N3OS/c1-9-11-5-3-4-6-12(11)17-10(2)13(9)14(19)18-15-16-7-8-20-15/h3-8H,1-2H3,(H,16,18,19). The number of anilines is 1. The van der Waals surface area contributed by atoms with E-state index in [1.54, 1.807) is 6.20 Å². The van der Waals surface area contributed by atoms with Crippen molar-refractivity contribution in [1.29, 1.82) is 0 Å². The number of para-hydroxylation sites is 1. The summed E-state index contributed by atoms with van der Waals surface area (Å²) in [6.45, 7) is 3.81. The normalized spacial score (nSPS) is 10.7. The van der Waals surface area contributed by atoms with Gasteiger partial charge in [-0.15, -0.1) is 11.3 Å². The van der Waals surface area contributed by atoms with Crippen molar-refractivity contribution in [1.82, 2.24) is 9.97 Å². The van der Waals surface area contributed by atoms with Crippen LogP contribution in [0.25, 0.3) is 10.9 Å². The second-order valence-electron chi connectivity index (χ2n) is 4.51.